The molecule has 3 aromatic heterocycles. The van der Waals surface area contributed by atoms with Crippen molar-refractivity contribution in [2.24, 2.45) is 0 Å². The molecule has 0 bridgehead atoms. The smallest absolute Gasteiger partial charge is 0.207 e. The third-order valence-electron chi connectivity index (χ3n) is 4.83. The SMILES string of the molecule is CCc1ccc2c(ccc3n4c(ccc5cc(F)ccc54)c[n+]23)c1. The molecular formula is C21H16FN2+. The monoisotopic (exact) mass is 315 g/mol. The minimum absolute atomic E-state index is 0.205. The van der Waals surface area contributed by atoms with Gasteiger partial charge in [0.2, 0.25) is 0 Å². The van der Waals surface area contributed by atoms with Crippen molar-refractivity contribution in [3.8, 4) is 0 Å². The van der Waals surface area contributed by atoms with E-state index in [0.717, 1.165) is 28.5 Å². The van der Waals surface area contributed by atoms with Crippen LogP contribution in [0.15, 0.2) is 66.9 Å². The molecule has 5 rings (SSSR count). The van der Waals surface area contributed by atoms with Gasteiger partial charge in [0, 0.05) is 16.8 Å². The number of pyridine rings is 2. The molecule has 2 nitrogen and oxygen atoms in total. The summed E-state index contributed by atoms with van der Waals surface area (Å²) in [6.45, 7) is 2.17. The number of rotatable bonds is 1. The summed E-state index contributed by atoms with van der Waals surface area (Å²) in [5.74, 6) is -0.205. The van der Waals surface area contributed by atoms with Crippen molar-refractivity contribution in [1.82, 2.24) is 4.40 Å². The molecule has 3 heterocycles. The molecule has 5 aromatic rings. The summed E-state index contributed by atoms with van der Waals surface area (Å²) in [5, 5.41) is 2.14. The number of halogens is 1. The molecular weight excluding hydrogens is 299 g/mol. The van der Waals surface area contributed by atoms with Gasteiger partial charge in [-0.3, -0.25) is 0 Å². The predicted molar refractivity (Wildman–Crippen MR) is 94.9 cm³/mol. The van der Waals surface area contributed by atoms with Crippen molar-refractivity contribution in [1.29, 1.82) is 0 Å². The summed E-state index contributed by atoms with van der Waals surface area (Å²) >= 11 is 0. The summed E-state index contributed by atoms with van der Waals surface area (Å²) in [7, 11) is 0. The Bertz CT molecular complexity index is 1250. The highest BCUT2D eigenvalue weighted by molar-refractivity contribution is 5.85. The van der Waals surface area contributed by atoms with Crippen LogP contribution in [-0.2, 0) is 6.42 Å². The zero-order chi connectivity index (χ0) is 16.3. The molecule has 2 aromatic carbocycles. The maximum Gasteiger partial charge on any atom is 0.292 e. The first-order valence-electron chi connectivity index (χ1n) is 8.21. The normalized spacial score (nSPS) is 11.9. The highest BCUT2D eigenvalue weighted by Crippen LogP contribution is 2.22. The summed E-state index contributed by atoms with van der Waals surface area (Å²) in [6.07, 6.45) is 3.18. The average Bonchev–Trinajstić information content (AvgIpc) is 3.00. The number of hydrogen-bond donors (Lipinski definition) is 0. The molecule has 0 aliphatic heterocycles. The number of aromatic nitrogens is 2. The lowest BCUT2D eigenvalue weighted by atomic mass is 10.1. The third kappa shape index (κ3) is 1.78. The van der Waals surface area contributed by atoms with Crippen molar-refractivity contribution in [2.75, 3.05) is 0 Å². The molecule has 0 aliphatic carbocycles. The molecule has 0 fully saturated rings. The molecule has 0 saturated carbocycles. The number of aryl methyl sites for hydroxylation is 1. The third-order valence-corrected chi connectivity index (χ3v) is 4.83. The van der Waals surface area contributed by atoms with Gasteiger partial charge in [0.05, 0.1) is 0 Å². The number of imidazole rings is 1. The quantitative estimate of drug-likeness (QED) is 0.397. The van der Waals surface area contributed by atoms with Crippen LogP contribution in [0.3, 0.4) is 0 Å². The van der Waals surface area contributed by atoms with Crippen LogP contribution in [0.25, 0.3) is 33.0 Å². The lowest BCUT2D eigenvalue weighted by molar-refractivity contribution is -0.479. The number of fused-ring (bicyclic) bond motifs is 7. The molecule has 24 heavy (non-hydrogen) atoms. The van der Waals surface area contributed by atoms with Crippen LogP contribution in [0.2, 0.25) is 0 Å². The fourth-order valence-corrected chi connectivity index (χ4v) is 3.60. The van der Waals surface area contributed by atoms with Gasteiger partial charge in [0.1, 0.15) is 23.0 Å². The summed E-state index contributed by atoms with van der Waals surface area (Å²) in [6, 6.07) is 19.9. The first-order valence-corrected chi connectivity index (χ1v) is 8.21. The average molecular weight is 315 g/mol. The molecule has 0 aliphatic rings. The van der Waals surface area contributed by atoms with Crippen LogP contribution in [0, 0.1) is 5.82 Å². The van der Waals surface area contributed by atoms with Gasteiger partial charge < -0.3 is 0 Å². The molecule has 0 amide bonds. The Hall–Kier alpha value is -2.94. The molecule has 0 saturated heterocycles. The summed E-state index contributed by atoms with van der Waals surface area (Å²) in [4.78, 5) is 0. The van der Waals surface area contributed by atoms with E-state index in [9.17, 15) is 4.39 Å². The van der Waals surface area contributed by atoms with Crippen LogP contribution >= 0.6 is 0 Å². The van der Waals surface area contributed by atoms with Crippen molar-refractivity contribution in [2.45, 2.75) is 13.3 Å². The number of benzene rings is 2. The highest BCUT2D eigenvalue weighted by Gasteiger charge is 2.16. The second-order valence-corrected chi connectivity index (χ2v) is 6.23. The topological polar surface area (TPSA) is 8.51 Å². The molecule has 0 atom stereocenters. The second-order valence-electron chi connectivity index (χ2n) is 6.23. The zero-order valence-electron chi connectivity index (χ0n) is 13.3. The lowest BCUT2D eigenvalue weighted by Gasteiger charge is -2.01. The molecule has 0 N–H and O–H groups in total. The molecule has 0 unspecified atom stereocenters. The van der Waals surface area contributed by atoms with Gasteiger partial charge in [-0.05, 0) is 60.5 Å². The van der Waals surface area contributed by atoms with Crippen LogP contribution in [0.1, 0.15) is 12.5 Å². The molecule has 0 radical (unpaired) electrons. The van der Waals surface area contributed by atoms with Gasteiger partial charge in [-0.15, -0.1) is 0 Å². The number of hydrogen-bond acceptors (Lipinski definition) is 0. The van der Waals surface area contributed by atoms with Crippen molar-refractivity contribution >= 4 is 33.0 Å². The van der Waals surface area contributed by atoms with E-state index in [2.05, 4.69) is 52.3 Å². The minimum atomic E-state index is -0.205. The molecule has 116 valence electrons. The maximum atomic E-state index is 13.5. The maximum absolute atomic E-state index is 13.5. The van der Waals surface area contributed by atoms with E-state index < -0.39 is 0 Å². The van der Waals surface area contributed by atoms with Crippen LogP contribution in [0.4, 0.5) is 4.39 Å². The predicted octanol–water partition coefficient (Wildman–Crippen LogP) is 4.69. The van der Waals surface area contributed by atoms with E-state index in [1.54, 1.807) is 6.07 Å². The highest BCUT2D eigenvalue weighted by atomic mass is 19.1. The van der Waals surface area contributed by atoms with Gasteiger partial charge in [-0.25, -0.2) is 4.39 Å². The van der Waals surface area contributed by atoms with E-state index in [1.807, 2.05) is 18.2 Å². The van der Waals surface area contributed by atoms with E-state index in [4.69, 9.17) is 0 Å². The van der Waals surface area contributed by atoms with Crippen molar-refractivity contribution in [3.05, 3.63) is 78.2 Å². The van der Waals surface area contributed by atoms with Crippen molar-refractivity contribution < 1.29 is 8.79 Å². The Balaban J connectivity index is 1.97. The molecule has 0 spiro atoms. The summed E-state index contributed by atoms with van der Waals surface area (Å²) in [5.41, 5.74) is 5.72. The molecule has 3 heteroatoms. The Morgan fingerprint density at radius 2 is 1.79 bits per heavy atom. The second kappa shape index (κ2) is 4.78. The fraction of sp³-hybridized carbons (Fsp3) is 0.0952. The standard InChI is InChI=1S/C21H16FN2/c1-2-14-3-8-19-15(11-14)5-10-21-23(19)13-18-7-4-16-12-17(22)6-9-20(16)24(18)21/h3-13H,2H2,1H3/q+1. The Labute approximate surface area is 138 Å². The van der Waals surface area contributed by atoms with Crippen molar-refractivity contribution in [3.63, 3.8) is 0 Å². The minimum Gasteiger partial charge on any atom is -0.207 e. The zero-order valence-corrected chi connectivity index (χ0v) is 13.3. The van der Waals surface area contributed by atoms with Gasteiger partial charge in [-0.2, -0.15) is 8.80 Å². The fourth-order valence-electron chi connectivity index (χ4n) is 3.60. The summed E-state index contributed by atoms with van der Waals surface area (Å²) < 4.78 is 17.9. The van der Waals surface area contributed by atoms with E-state index in [1.165, 1.54) is 22.5 Å². The van der Waals surface area contributed by atoms with E-state index in [-0.39, 0.29) is 5.82 Å². The van der Waals surface area contributed by atoms with Gasteiger partial charge in [0.15, 0.2) is 5.52 Å². The lowest BCUT2D eigenvalue weighted by Crippen LogP contribution is -2.19. The largest absolute Gasteiger partial charge is 0.292 e. The Morgan fingerprint density at radius 3 is 2.67 bits per heavy atom. The first kappa shape index (κ1) is 13.5. The Morgan fingerprint density at radius 1 is 0.917 bits per heavy atom. The van der Waals surface area contributed by atoms with Crippen LogP contribution in [-0.4, -0.2) is 4.40 Å². The van der Waals surface area contributed by atoms with E-state index >= 15 is 0 Å². The van der Waals surface area contributed by atoms with Crippen LogP contribution < -0.4 is 4.40 Å². The number of nitrogens with zero attached hydrogens (tertiary/aromatic N) is 2. The Kier molecular flexibility index (Phi) is 2.69. The van der Waals surface area contributed by atoms with Gasteiger partial charge in [0.25, 0.3) is 5.65 Å². The van der Waals surface area contributed by atoms with Crippen LogP contribution in [0.5, 0.6) is 0 Å². The van der Waals surface area contributed by atoms with E-state index in [0.29, 0.717) is 0 Å². The van der Waals surface area contributed by atoms with Gasteiger partial charge in [-0.1, -0.05) is 13.0 Å². The first-order chi connectivity index (χ1) is 11.7. The van der Waals surface area contributed by atoms with Gasteiger partial charge >= 0.3 is 0 Å².